The fraction of sp³-hybridized carbons (Fsp3) is 0.235. The van der Waals surface area contributed by atoms with E-state index in [-0.39, 0.29) is 5.56 Å². The average Bonchev–Trinajstić information content (AvgIpc) is 2.54. The van der Waals surface area contributed by atoms with Crippen molar-refractivity contribution in [1.29, 1.82) is 0 Å². The van der Waals surface area contributed by atoms with Crippen molar-refractivity contribution >= 4 is 11.7 Å². The summed E-state index contributed by atoms with van der Waals surface area (Å²) in [5.41, 5.74) is 2.08. The highest BCUT2D eigenvalue weighted by Gasteiger charge is 2.10. The predicted molar refractivity (Wildman–Crippen MR) is 84.9 cm³/mol. The van der Waals surface area contributed by atoms with Gasteiger partial charge < -0.3 is 19.9 Å². The SMILES string of the molecule is CCOc1c(CNc2ccc(C(=O)O)cc2)cccc1OC. The molecule has 0 amide bonds. The van der Waals surface area contributed by atoms with Gasteiger partial charge in [-0.1, -0.05) is 12.1 Å². The summed E-state index contributed by atoms with van der Waals surface area (Å²) in [7, 11) is 1.61. The van der Waals surface area contributed by atoms with Crippen LogP contribution in [-0.4, -0.2) is 24.8 Å². The van der Waals surface area contributed by atoms with Crippen molar-refractivity contribution in [2.75, 3.05) is 19.0 Å². The lowest BCUT2D eigenvalue weighted by Crippen LogP contribution is -2.05. The van der Waals surface area contributed by atoms with E-state index in [9.17, 15) is 4.79 Å². The fourth-order valence-corrected chi connectivity index (χ4v) is 2.10. The van der Waals surface area contributed by atoms with Gasteiger partial charge >= 0.3 is 5.97 Å². The number of benzene rings is 2. The van der Waals surface area contributed by atoms with E-state index < -0.39 is 5.97 Å². The van der Waals surface area contributed by atoms with Crippen LogP contribution in [0.25, 0.3) is 0 Å². The van der Waals surface area contributed by atoms with Gasteiger partial charge in [-0.25, -0.2) is 4.79 Å². The first kappa shape index (κ1) is 15.7. The molecule has 0 spiro atoms. The highest BCUT2D eigenvalue weighted by atomic mass is 16.5. The highest BCUT2D eigenvalue weighted by molar-refractivity contribution is 5.88. The van der Waals surface area contributed by atoms with Crippen LogP contribution in [0.1, 0.15) is 22.8 Å². The quantitative estimate of drug-likeness (QED) is 0.820. The first-order valence-corrected chi connectivity index (χ1v) is 7.01. The standard InChI is InChI=1S/C17H19NO4/c1-3-22-16-13(5-4-6-15(16)21-2)11-18-14-9-7-12(8-10-14)17(19)20/h4-10,18H,3,11H2,1-2H3,(H,19,20). The van der Waals surface area contributed by atoms with E-state index in [1.807, 2.05) is 25.1 Å². The first-order chi connectivity index (χ1) is 10.7. The molecule has 2 rings (SSSR count). The summed E-state index contributed by atoms with van der Waals surface area (Å²) in [5, 5.41) is 12.1. The topological polar surface area (TPSA) is 67.8 Å². The van der Waals surface area contributed by atoms with Gasteiger partial charge in [0.15, 0.2) is 11.5 Å². The van der Waals surface area contributed by atoms with Crippen molar-refractivity contribution in [3.05, 3.63) is 53.6 Å². The molecule has 0 atom stereocenters. The maximum Gasteiger partial charge on any atom is 0.335 e. The molecule has 5 nitrogen and oxygen atoms in total. The zero-order chi connectivity index (χ0) is 15.9. The Kier molecular flexibility index (Phi) is 5.25. The number of carboxylic acid groups (broad SMARTS) is 1. The monoisotopic (exact) mass is 301 g/mol. The third kappa shape index (κ3) is 3.69. The van der Waals surface area contributed by atoms with E-state index in [1.54, 1.807) is 31.4 Å². The van der Waals surface area contributed by atoms with Crippen molar-refractivity contribution in [3.8, 4) is 11.5 Å². The largest absolute Gasteiger partial charge is 0.493 e. The van der Waals surface area contributed by atoms with Crippen molar-refractivity contribution in [1.82, 2.24) is 0 Å². The van der Waals surface area contributed by atoms with Crippen molar-refractivity contribution in [2.45, 2.75) is 13.5 Å². The van der Waals surface area contributed by atoms with Gasteiger partial charge in [0.2, 0.25) is 0 Å². The van der Waals surface area contributed by atoms with E-state index in [1.165, 1.54) is 0 Å². The number of para-hydroxylation sites is 1. The molecule has 0 aromatic heterocycles. The smallest absolute Gasteiger partial charge is 0.335 e. The van der Waals surface area contributed by atoms with Crippen LogP contribution in [0.2, 0.25) is 0 Å². The van der Waals surface area contributed by atoms with Gasteiger partial charge in [-0.3, -0.25) is 0 Å². The Labute approximate surface area is 129 Å². The molecule has 0 radical (unpaired) electrons. The van der Waals surface area contributed by atoms with Gasteiger partial charge in [-0.05, 0) is 37.3 Å². The third-order valence-electron chi connectivity index (χ3n) is 3.18. The second-order valence-electron chi connectivity index (χ2n) is 4.62. The summed E-state index contributed by atoms with van der Waals surface area (Å²) in [6.45, 7) is 3.04. The van der Waals surface area contributed by atoms with Crippen LogP contribution < -0.4 is 14.8 Å². The van der Waals surface area contributed by atoms with E-state index in [2.05, 4.69) is 5.32 Å². The fourth-order valence-electron chi connectivity index (χ4n) is 2.10. The molecule has 116 valence electrons. The van der Waals surface area contributed by atoms with Crippen LogP contribution in [0.15, 0.2) is 42.5 Å². The summed E-state index contributed by atoms with van der Waals surface area (Å²) in [6.07, 6.45) is 0. The second-order valence-corrected chi connectivity index (χ2v) is 4.62. The maximum absolute atomic E-state index is 10.8. The first-order valence-electron chi connectivity index (χ1n) is 7.01. The van der Waals surface area contributed by atoms with Gasteiger partial charge in [0, 0.05) is 17.8 Å². The number of methoxy groups -OCH3 is 1. The van der Waals surface area contributed by atoms with Crippen LogP contribution in [0.3, 0.4) is 0 Å². The Morgan fingerprint density at radius 2 is 1.91 bits per heavy atom. The van der Waals surface area contributed by atoms with Gasteiger partial charge in [-0.15, -0.1) is 0 Å². The maximum atomic E-state index is 10.8. The van der Waals surface area contributed by atoms with E-state index in [4.69, 9.17) is 14.6 Å². The molecule has 0 aliphatic rings. The van der Waals surface area contributed by atoms with E-state index in [0.29, 0.717) is 18.9 Å². The summed E-state index contributed by atoms with van der Waals surface area (Å²) in [4.78, 5) is 10.8. The van der Waals surface area contributed by atoms with Crippen LogP contribution in [-0.2, 0) is 6.54 Å². The summed E-state index contributed by atoms with van der Waals surface area (Å²) < 4.78 is 11.0. The Bertz CT molecular complexity index is 638. The molecule has 5 heteroatoms. The van der Waals surface area contributed by atoms with Crippen molar-refractivity contribution in [2.24, 2.45) is 0 Å². The molecule has 2 N–H and O–H groups in total. The zero-order valence-corrected chi connectivity index (χ0v) is 12.6. The molecule has 0 bridgehead atoms. The van der Waals surface area contributed by atoms with Gasteiger partial charge in [-0.2, -0.15) is 0 Å². The third-order valence-corrected chi connectivity index (χ3v) is 3.18. The normalized spacial score (nSPS) is 10.1. The molecule has 0 aliphatic heterocycles. The van der Waals surface area contributed by atoms with Gasteiger partial charge in [0.1, 0.15) is 0 Å². The Morgan fingerprint density at radius 3 is 2.50 bits per heavy atom. The van der Waals surface area contributed by atoms with Crippen LogP contribution in [0, 0.1) is 0 Å². The minimum Gasteiger partial charge on any atom is -0.493 e. The average molecular weight is 301 g/mol. The molecule has 0 heterocycles. The number of hydrogen-bond donors (Lipinski definition) is 2. The Morgan fingerprint density at radius 1 is 1.18 bits per heavy atom. The number of nitrogens with one attached hydrogen (secondary N) is 1. The van der Waals surface area contributed by atoms with Crippen LogP contribution in [0.4, 0.5) is 5.69 Å². The van der Waals surface area contributed by atoms with Gasteiger partial charge in [0.05, 0.1) is 19.3 Å². The molecule has 0 saturated heterocycles. The lowest BCUT2D eigenvalue weighted by atomic mass is 10.1. The van der Waals surface area contributed by atoms with Crippen molar-refractivity contribution in [3.63, 3.8) is 0 Å². The molecule has 0 fully saturated rings. The predicted octanol–water partition coefficient (Wildman–Crippen LogP) is 3.40. The zero-order valence-electron chi connectivity index (χ0n) is 12.6. The number of ether oxygens (including phenoxy) is 2. The van der Waals surface area contributed by atoms with Crippen LogP contribution in [0.5, 0.6) is 11.5 Å². The molecule has 2 aromatic rings. The second kappa shape index (κ2) is 7.36. The number of aromatic carboxylic acids is 1. The number of carbonyl (C=O) groups is 1. The van der Waals surface area contributed by atoms with Gasteiger partial charge in [0.25, 0.3) is 0 Å². The Hall–Kier alpha value is -2.69. The molecule has 2 aromatic carbocycles. The molecular formula is C17H19NO4. The number of hydrogen-bond acceptors (Lipinski definition) is 4. The van der Waals surface area contributed by atoms with Crippen molar-refractivity contribution < 1.29 is 19.4 Å². The summed E-state index contributed by atoms with van der Waals surface area (Å²) in [6, 6.07) is 12.3. The molecule has 0 aliphatic carbocycles. The Balaban J connectivity index is 2.12. The lowest BCUT2D eigenvalue weighted by molar-refractivity contribution is 0.0697. The number of carboxylic acids is 1. The molecule has 0 unspecified atom stereocenters. The number of anilines is 1. The van der Waals surface area contributed by atoms with E-state index >= 15 is 0 Å². The molecule has 0 saturated carbocycles. The van der Waals surface area contributed by atoms with E-state index in [0.717, 1.165) is 17.0 Å². The highest BCUT2D eigenvalue weighted by Crippen LogP contribution is 2.31. The molecule has 22 heavy (non-hydrogen) atoms. The van der Waals surface area contributed by atoms with Crippen LogP contribution >= 0.6 is 0 Å². The molecular weight excluding hydrogens is 282 g/mol. The minimum absolute atomic E-state index is 0.266. The minimum atomic E-state index is -0.932. The summed E-state index contributed by atoms with van der Waals surface area (Å²) >= 11 is 0. The lowest BCUT2D eigenvalue weighted by Gasteiger charge is -2.15. The number of rotatable bonds is 7. The summed E-state index contributed by atoms with van der Waals surface area (Å²) in [5.74, 6) is 0.488.